The molecule has 1 amide bonds. The van der Waals surface area contributed by atoms with Crippen LogP contribution in [0.1, 0.15) is 43.7 Å². The monoisotopic (exact) mass is 553 g/mol. The number of amides is 1. The number of benzene rings is 3. The fourth-order valence-electron chi connectivity index (χ4n) is 4.44. The second-order valence-corrected chi connectivity index (χ2v) is 11.1. The highest BCUT2D eigenvalue weighted by Gasteiger charge is 2.32. The van der Waals surface area contributed by atoms with Gasteiger partial charge in [0.2, 0.25) is 0 Å². The highest BCUT2D eigenvalue weighted by molar-refractivity contribution is 8.26. The number of para-hydroxylation sites is 1. The third kappa shape index (κ3) is 6.67. The number of hydrogen-bond acceptors (Lipinski definition) is 5. The number of carbonyl (C=O) groups excluding carboxylic acids is 1. The summed E-state index contributed by atoms with van der Waals surface area (Å²) in [5, 5.41) is 4.93. The van der Waals surface area contributed by atoms with Crippen molar-refractivity contribution in [1.29, 1.82) is 0 Å². The second-order valence-electron chi connectivity index (χ2n) is 9.41. The van der Waals surface area contributed by atoms with Crippen LogP contribution >= 0.6 is 24.0 Å². The average molecular weight is 554 g/mol. The van der Waals surface area contributed by atoms with Crippen molar-refractivity contribution in [3.05, 3.63) is 107 Å². The first kappa shape index (κ1) is 26.9. The zero-order valence-electron chi connectivity index (χ0n) is 22.0. The molecular weight excluding hydrogens is 523 g/mol. The Morgan fingerprint density at radius 2 is 1.72 bits per heavy atom. The molecular formula is C32H31N3O2S2. The average Bonchev–Trinajstić information content (AvgIpc) is 3.51. The summed E-state index contributed by atoms with van der Waals surface area (Å²) in [5.74, 6) is 0.731. The van der Waals surface area contributed by atoms with E-state index < -0.39 is 0 Å². The van der Waals surface area contributed by atoms with Crippen LogP contribution in [-0.2, 0) is 11.4 Å². The van der Waals surface area contributed by atoms with Crippen LogP contribution in [0.25, 0.3) is 23.0 Å². The number of ether oxygens (including phenoxy) is 1. The molecule has 4 aromatic rings. The van der Waals surface area contributed by atoms with Gasteiger partial charge in [-0.15, -0.1) is 0 Å². The highest BCUT2D eigenvalue weighted by atomic mass is 32.2. The lowest BCUT2D eigenvalue weighted by atomic mass is 10.1. The molecule has 39 heavy (non-hydrogen) atoms. The molecule has 7 heteroatoms. The highest BCUT2D eigenvalue weighted by Crippen LogP contribution is 2.35. The lowest BCUT2D eigenvalue weighted by Gasteiger charge is -2.13. The maximum atomic E-state index is 13.3. The topological polar surface area (TPSA) is 47.4 Å². The Morgan fingerprint density at radius 1 is 0.949 bits per heavy atom. The summed E-state index contributed by atoms with van der Waals surface area (Å²) < 4.78 is 8.56. The molecule has 2 heterocycles. The van der Waals surface area contributed by atoms with E-state index in [1.807, 2.05) is 102 Å². The second kappa shape index (κ2) is 12.9. The van der Waals surface area contributed by atoms with Crippen LogP contribution < -0.4 is 4.74 Å². The molecule has 5 nitrogen and oxygen atoms in total. The molecule has 3 aromatic carbocycles. The quantitative estimate of drug-likeness (QED) is 0.107. The van der Waals surface area contributed by atoms with Crippen molar-refractivity contribution < 1.29 is 9.53 Å². The minimum absolute atomic E-state index is 0.0279. The summed E-state index contributed by atoms with van der Waals surface area (Å²) in [7, 11) is 0. The van der Waals surface area contributed by atoms with Crippen molar-refractivity contribution >= 4 is 40.3 Å². The SMILES string of the molecule is CCCCCCN1C(=O)C(=Cc2cn(-c3ccccc3)nc2-c2cccc(OCc3ccccc3)c2)SC1=S. The molecule has 1 aromatic heterocycles. The van der Waals surface area contributed by atoms with Gasteiger partial charge < -0.3 is 4.74 Å². The van der Waals surface area contributed by atoms with Crippen LogP contribution in [0.3, 0.4) is 0 Å². The van der Waals surface area contributed by atoms with Crippen LogP contribution in [0.4, 0.5) is 0 Å². The zero-order chi connectivity index (χ0) is 27.0. The zero-order valence-corrected chi connectivity index (χ0v) is 23.6. The lowest BCUT2D eigenvalue weighted by Crippen LogP contribution is -2.29. The molecule has 1 aliphatic heterocycles. The van der Waals surface area contributed by atoms with Crippen molar-refractivity contribution in [1.82, 2.24) is 14.7 Å². The van der Waals surface area contributed by atoms with Gasteiger partial charge in [-0.1, -0.05) is 111 Å². The molecule has 1 saturated heterocycles. The van der Waals surface area contributed by atoms with Gasteiger partial charge in [0.1, 0.15) is 22.4 Å². The standard InChI is InChI=1S/C32H31N3O2S2/c1-2-3-4-11-19-34-31(36)29(39-32(34)38)21-26-22-35(27-16-9-6-10-17-27)33-30(26)25-15-12-18-28(20-25)37-23-24-13-7-5-8-14-24/h5-10,12-18,20-22H,2-4,11,19,23H2,1H3. The number of aromatic nitrogens is 2. The summed E-state index contributed by atoms with van der Waals surface area (Å²) in [6.07, 6.45) is 8.27. The lowest BCUT2D eigenvalue weighted by molar-refractivity contribution is -0.122. The molecule has 198 valence electrons. The van der Waals surface area contributed by atoms with Crippen molar-refractivity contribution in [2.24, 2.45) is 0 Å². The van der Waals surface area contributed by atoms with Gasteiger partial charge in [0.05, 0.1) is 10.6 Å². The van der Waals surface area contributed by atoms with Crippen LogP contribution in [0.15, 0.2) is 96.0 Å². The number of thiocarbonyl (C=S) groups is 1. The molecule has 0 N–H and O–H groups in total. The number of nitrogens with zero attached hydrogens (tertiary/aromatic N) is 3. The summed E-state index contributed by atoms with van der Waals surface area (Å²) in [6, 6.07) is 28.0. The number of rotatable bonds is 11. The molecule has 5 rings (SSSR count). The maximum absolute atomic E-state index is 13.3. The molecule has 0 saturated carbocycles. The maximum Gasteiger partial charge on any atom is 0.266 e. The summed E-state index contributed by atoms with van der Waals surface area (Å²) in [6.45, 7) is 3.33. The number of thioether (sulfide) groups is 1. The van der Waals surface area contributed by atoms with Gasteiger partial charge in [0.15, 0.2) is 0 Å². The van der Waals surface area contributed by atoms with E-state index in [0.717, 1.165) is 53.1 Å². The molecule has 0 spiro atoms. The molecule has 0 radical (unpaired) electrons. The minimum Gasteiger partial charge on any atom is -0.489 e. The number of unbranched alkanes of at least 4 members (excludes halogenated alkanes) is 3. The first-order valence-electron chi connectivity index (χ1n) is 13.3. The third-order valence-corrected chi connectivity index (χ3v) is 7.89. The Balaban J connectivity index is 1.44. The smallest absolute Gasteiger partial charge is 0.266 e. The Bertz CT molecular complexity index is 1470. The number of carbonyl (C=O) groups is 1. The van der Waals surface area contributed by atoms with Gasteiger partial charge in [0, 0.05) is 23.9 Å². The van der Waals surface area contributed by atoms with E-state index in [1.54, 1.807) is 4.90 Å². The van der Waals surface area contributed by atoms with Crippen LogP contribution in [0.2, 0.25) is 0 Å². The fraction of sp³-hybridized carbons (Fsp3) is 0.219. The van der Waals surface area contributed by atoms with E-state index in [2.05, 4.69) is 6.92 Å². The van der Waals surface area contributed by atoms with Crippen molar-refractivity contribution in [3.8, 4) is 22.7 Å². The van der Waals surface area contributed by atoms with E-state index in [-0.39, 0.29) is 5.91 Å². The fourth-order valence-corrected chi connectivity index (χ4v) is 5.73. The predicted molar refractivity (Wildman–Crippen MR) is 164 cm³/mol. The van der Waals surface area contributed by atoms with Crippen LogP contribution in [0.5, 0.6) is 5.75 Å². The molecule has 1 aliphatic rings. The summed E-state index contributed by atoms with van der Waals surface area (Å²) in [5.41, 5.74) is 4.59. The molecule has 0 unspecified atom stereocenters. The van der Waals surface area contributed by atoms with Crippen LogP contribution in [0, 0.1) is 0 Å². The first-order valence-corrected chi connectivity index (χ1v) is 14.5. The summed E-state index contributed by atoms with van der Waals surface area (Å²) >= 11 is 6.94. The molecule has 1 fully saturated rings. The normalized spacial score (nSPS) is 14.4. The Labute approximate surface area is 239 Å². The Hall–Kier alpha value is -3.68. The van der Waals surface area contributed by atoms with Crippen molar-refractivity contribution in [2.75, 3.05) is 6.54 Å². The molecule has 0 bridgehead atoms. The first-order chi connectivity index (χ1) is 19.1. The van der Waals surface area contributed by atoms with Crippen LogP contribution in [-0.4, -0.2) is 31.5 Å². The van der Waals surface area contributed by atoms with Gasteiger partial charge in [0.25, 0.3) is 5.91 Å². The van der Waals surface area contributed by atoms with E-state index >= 15 is 0 Å². The van der Waals surface area contributed by atoms with Gasteiger partial charge in [-0.05, 0) is 42.3 Å². The van der Waals surface area contributed by atoms with Gasteiger partial charge in [-0.25, -0.2) is 4.68 Å². The molecule has 0 atom stereocenters. The third-order valence-electron chi connectivity index (χ3n) is 6.51. The van der Waals surface area contributed by atoms with Gasteiger partial charge in [-0.2, -0.15) is 5.10 Å². The van der Waals surface area contributed by atoms with E-state index in [9.17, 15) is 4.79 Å². The predicted octanol–water partition coefficient (Wildman–Crippen LogP) is 7.90. The minimum atomic E-state index is -0.0279. The van der Waals surface area contributed by atoms with Gasteiger partial charge in [-0.3, -0.25) is 9.69 Å². The number of hydrogen-bond donors (Lipinski definition) is 0. The van der Waals surface area contributed by atoms with Gasteiger partial charge >= 0.3 is 0 Å². The summed E-state index contributed by atoms with van der Waals surface area (Å²) in [4.78, 5) is 15.6. The Kier molecular flexibility index (Phi) is 8.91. The molecule has 0 aliphatic carbocycles. The van der Waals surface area contributed by atoms with Crippen molar-refractivity contribution in [2.45, 2.75) is 39.2 Å². The van der Waals surface area contributed by atoms with Crippen molar-refractivity contribution in [3.63, 3.8) is 0 Å². The Morgan fingerprint density at radius 3 is 2.49 bits per heavy atom. The van der Waals surface area contributed by atoms with E-state index in [4.69, 9.17) is 22.1 Å². The largest absolute Gasteiger partial charge is 0.489 e. The van der Waals surface area contributed by atoms with E-state index in [1.165, 1.54) is 18.2 Å². The van der Waals surface area contributed by atoms with E-state index in [0.29, 0.717) is 22.4 Å².